The Morgan fingerprint density at radius 3 is 2.64 bits per heavy atom. The van der Waals surface area contributed by atoms with Gasteiger partial charge in [-0.2, -0.15) is 0 Å². The number of hydrogen-bond donors (Lipinski definition) is 0. The van der Waals surface area contributed by atoms with E-state index in [1.165, 1.54) is 0 Å². The molecule has 1 heterocycles. The van der Waals surface area contributed by atoms with Crippen molar-refractivity contribution in [2.24, 2.45) is 0 Å². The van der Waals surface area contributed by atoms with Crippen molar-refractivity contribution in [2.45, 2.75) is 32.2 Å². The maximum Gasteiger partial charge on any atom is 0.148 e. The number of nitrogens with zero attached hydrogens (tertiary/aromatic N) is 3. The number of methoxy groups -OCH3 is 1. The summed E-state index contributed by atoms with van der Waals surface area (Å²) in [6.07, 6.45) is 2.00. The summed E-state index contributed by atoms with van der Waals surface area (Å²) in [4.78, 5) is 0. The van der Waals surface area contributed by atoms with Gasteiger partial charge in [-0.3, -0.25) is 0 Å². The third-order valence-corrected chi connectivity index (χ3v) is 2.26. The topological polar surface area (TPSA) is 39.9 Å². The molecule has 14 heavy (non-hydrogen) atoms. The van der Waals surface area contributed by atoms with Crippen LogP contribution in [0, 0.1) is 0 Å². The van der Waals surface area contributed by atoms with Gasteiger partial charge in [0.2, 0.25) is 0 Å². The summed E-state index contributed by atoms with van der Waals surface area (Å²) < 4.78 is 7.07. The summed E-state index contributed by atoms with van der Waals surface area (Å²) in [6.45, 7) is 3.56. The van der Waals surface area contributed by atoms with Crippen LogP contribution in [0.2, 0.25) is 0 Å². The van der Waals surface area contributed by atoms with E-state index < -0.39 is 0 Å². The summed E-state index contributed by atoms with van der Waals surface area (Å²) in [5, 5.41) is 8.13. The standard InChI is InChI=1S/C9H16ClN3O/c1-3-4-8-11-12-9(7-10)13(8)5-6-14-2/h3-7H2,1-2H3. The molecule has 0 aliphatic heterocycles. The molecule has 1 aromatic rings. The van der Waals surface area contributed by atoms with E-state index in [9.17, 15) is 0 Å². The van der Waals surface area contributed by atoms with E-state index in [0.29, 0.717) is 12.5 Å². The van der Waals surface area contributed by atoms with E-state index in [1.54, 1.807) is 7.11 Å². The highest BCUT2D eigenvalue weighted by atomic mass is 35.5. The Kier molecular flexibility index (Phi) is 4.90. The van der Waals surface area contributed by atoms with Crippen molar-refractivity contribution >= 4 is 11.6 Å². The van der Waals surface area contributed by atoms with Crippen molar-refractivity contribution in [3.63, 3.8) is 0 Å². The maximum atomic E-state index is 5.76. The lowest BCUT2D eigenvalue weighted by Gasteiger charge is -2.07. The van der Waals surface area contributed by atoms with Crippen LogP contribution in [0.4, 0.5) is 0 Å². The minimum atomic E-state index is 0.403. The van der Waals surface area contributed by atoms with Gasteiger partial charge in [0.1, 0.15) is 11.6 Å². The molecule has 1 rings (SSSR count). The van der Waals surface area contributed by atoms with Crippen LogP contribution in [0.25, 0.3) is 0 Å². The minimum Gasteiger partial charge on any atom is -0.383 e. The quantitative estimate of drug-likeness (QED) is 0.680. The molecule has 80 valence electrons. The second-order valence-corrected chi connectivity index (χ2v) is 3.33. The molecule has 0 aliphatic rings. The van der Waals surface area contributed by atoms with Crippen molar-refractivity contribution in [1.82, 2.24) is 14.8 Å². The second kappa shape index (κ2) is 5.98. The Bertz CT molecular complexity index is 275. The molecule has 0 aromatic carbocycles. The molecule has 0 amide bonds. The van der Waals surface area contributed by atoms with Crippen LogP contribution in [0.15, 0.2) is 0 Å². The minimum absolute atomic E-state index is 0.403. The predicted molar refractivity (Wildman–Crippen MR) is 55.5 cm³/mol. The Morgan fingerprint density at radius 2 is 2.07 bits per heavy atom. The molecule has 0 fully saturated rings. The molecule has 0 unspecified atom stereocenters. The van der Waals surface area contributed by atoms with E-state index in [0.717, 1.165) is 31.0 Å². The van der Waals surface area contributed by atoms with E-state index in [4.69, 9.17) is 16.3 Å². The van der Waals surface area contributed by atoms with Crippen molar-refractivity contribution in [2.75, 3.05) is 13.7 Å². The van der Waals surface area contributed by atoms with Gasteiger partial charge >= 0.3 is 0 Å². The van der Waals surface area contributed by atoms with Crippen molar-refractivity contribution in [3.8, 4) is 0 Å². The van der Waals surface area contributed by atoms with Gasteiger partial charge in [0, 0.05) is 20.1 Å². The molecule has 5 heteroatoms. The zero-order valence-electron chi connectivity index (χ0n) is 8.66. The fraction of sp³-hybridized carbons (Fsp3) is 0.778. The highest BCUT2D eigenvalue weighted by Crippen LogP contribution is 2.07. The summed E-state index contributed by atoms with van der Waals surface area (Å²) in [5.41, 5.74) is 0. The molecular formula is C9H16ClN3O. The van der Waals surface area contributed by atoms with Crippen LogP contribution in [0.3, 0.4) is 0 Å². The van der Waals surface area contributed by atoms with Gasteiger partial charge in [-0.15, -0.1) is 21.8 Å². The van der Waals surface area contributed by atoms with Crippen LogP contribution in [-0.4, -0.2) is 28.5 Å². The van der Waals surface area contributed by atoms with Crippen molar-refractivity contribution in [1.29, 1.82) is 0 Å². The molecule has 4 nitrogen and oxygen atoms in total. The average molecular weight is 218 g/mol. The first-order valence-electron chi connectivity index (χ1n) is 4.79. The zero-order chi connectivity index (χ0) is 10.4. The van der Waals surface area contributed by atoms with Crippen LogP contribution < -0.4 is 0 Å². The molecular weight excluding hydrogens is 202 g/mol. The van der Waals surface area contributed by atoms with Crippen molar-refractivity contribution in [3.05, 3.63) is 11.6 Å². The van der Waals surface area contributed by atoms with Crippen LogP contribution in [0.1, 0.15) is 25.0 Å². The first kappa shape index (κ1) is 11.5. The van der Waals surface area contributed by atoms with E-state index >= 15 is 0 Å². The highest BCUT2D eigenvalue weighted by molar-refractivity contribution is 6.16. The molecule has 1 aromatic heterocycles. The van der Waals surface area contributed by atoms with E-state index in [-0.39, 0.29) is 0 Å². The monoisotopic (exact) mass is 217 g/mol. The molecule has 0 saturated heterocycles. The summed E-state index contributed by atoms with van der Waals surface area (Å²) in [6, 6.07) is 0. The third-order valence-electron chi connectivity index (χ3n) is 2.02. The normalized spacial score (nSPS) is 10.8. The predicted octanol–water partition coefficient (Wildman–Crippen LogP) is 1.62. The second-order valence-electron chi connectivity index (χ2n) is 3.06. The summed E-state index contributed by atoms with van der Waals surface area (Å²) >= 11 is 5.76. The van der Waals surface area contributed by atoms with Crippen LogP contribution >= 0.6 is 11.6 Å². The number of alkyl halides is 1. The number of halogens is 1. The van der Waals surface area contributed by atoms with Gasteiger partial charge in [-0.1, -0.05) is 6.92 Å². The van der Waals surface area contributed by atoms with Gasteiger partial charge in [0.25, 0.3) is 0 Å². The maximum absolute atomic E-state index is 5.76. The average Bonchev–Trinajstić information content (AvgIpc) is 2.58. The Morgan fingerprint density at radius 1 is 1.36 bits per heavy atom. The van der Waals surface area contributed by atoms with E-state index in [1.807, 2.05) is 4.57 Å². The van der Waals surface area contributed by atoms with Crippen molar-refractivity contribution < 1.29 is 4.74 Å². The number of ether oxygens (including phenoxy) is 1. The molecule has 0 bridgehead atoms. The number of hydrogen-bond acceptors (Lipinski definition) is 3. The van der Waals surface area contributed by atoms with Crippen LogP contribution in [0.5, 0.6) is 0 Å². The smallest absolute Gasteiger partial charge is 0.148 e. The third kappa shape index (κ3) is 2.69. The molecule has 0 atom stereocenters. The molecule has 0 N–H and O–H groups in total. The molecule has 0 spiro atoms. The first-order chi connectivity index (χ1) is 6.83. The zero-order valence-corrected chi connectivity index (χ0v) is 9.42. The van der Waals surface area contributed by atoms with Gasteiger partial charge < -0.3 is 9.30 Å². The number of aryl methyl sites for hydroxylation is 1. The lowest BCUT2D eigenvalue weighted by Crippen LogP contribution is -2.11. The molecule has 0 radical (unpaired) electrons. The molecule has 0 saturated carbocycles. The van der Waals surface area contributed by atoms with Gasteiger partial charge in [-0.05, 0) is 6.42 Å². The number of aromatic nitrogens is 3. The summed E-state index contributed by atoms with van der Waals surface area (Å²) in [5.74, 6) is 2.23. The van der Waals surface area contributed by atoms with Crippen LogP contribution in [-0.2, 0) is 23.6 Å². The molecule has 0 aliphatic carbocycles. The van der Waals surface area contributed by atoms with Gasteiger partial charge in [-0.25, -0.2) is 0 Å². The lowest BCUT2D eigenvalue weighted by molar-refractivity contribution is 0.185. The number of rotatable bonds is 6. The lowest BCUT2D eigenvalue weighted by atomic mass is 10.3. The van der Waals surface area contributed by atoms with Gasteiger partial charge in [0.05, 0.1) is 12.5 Å². The fourth-order valence-electron chi connectivity index (χ4n) is 1.32. The summed E-state index contributed by atoms with van der Waals surface area (Å²) in [7, 11) is 1.68. The Hall–Kier alpha value is -0.610. The SMILES string of the molecule is CCCc1nnc(CCl)n1CCOC. The highest BCUT2D eigenvalue weighted by Gasteiger charge is 2.09. The fourth-order valence-corrected chi connectivity index (χ4v) is 1.52. The Labute approximate surface area is 89.2 Å². The Balaban J connectivity index is 2.76. The largest absolute Gasteiger partial charge is 0.383 e. The van der Waals surface area contributed by atoms with Gasteiger partial charge in [0.15, 0.2) is 0 Å². The van der Waals surface area contributed by atoms with E-state index in [2.05, 4.69) is 17.1 Å². The first-order valence-corrected chi connectivity index (χ1v) is 5.32.